The van der Waals surface area contributed by atoms with Gasteiger partial charge >= 0.3 is 5.97 Å². The van der Waals surface area contributed by atoms with E-state index in [0.29, 0.717) is 5.11 Å². The molecule has 1 aromatic carbocycles. The van der Waals surface area contributed by atoms with Crippen molar-refractivity contribution in [2.75, 3.05) is 39.8 Å². The minimum absolute atomic E-state index is 0.0845. The van der Waals surface area contributed by atoms with E-state index in [4.69, 9.17) is 12.2 Å². The van der Waals surface area contributed by atoms with Crippen LogP contribution in [-0.2, 0) is 14.3 Å². The fraction of sp³-hybridized carbons (Fsp3) is 0.476. The fourth-order valence-electron chi connectivity index (χ4n) is 3.76. The maximum Gasteiger partial charge on any atom is 0.325 e. The van der Waals surface area contributed by atoms with Crippen LogP contribution in [0.4, 0.5) is 0 Å². The predicted octanol–water partition coefficient (Wildman–Crippen LogP) is 1.40. The molecule has 0 saturated carbocycles. The van der Waals surface area contributed by atoms with Gasteiger partial charge in [-0.3, -0.25) is 9.59 Å². The summed E-state index contributed by atoms with van der Waals surface area (Å²) in [4.78, 5) is 27.6. The summed E-state index contributed by atoms with van der Waals surface area (Å²) in [5.41, 5.74) is 1.03. The average Bonchev–Trinajstić information content (AvgIpc) is 3.15. The summed E-state index contributed by atoms with van der Waals surface area (Å²) in [7, 11) is 1.36. The number of amides is 1. The molecular formula is C21H25N3O3S. The highest BCUT2D eigenvalue weighted by molar-refractivity contribution is 7.80. The second-order valence-electron chi connectivity index (χ2n) is 7.31. The van der Waals surface area contributed by atoms with Gasteiger partial charge in [0.1, 0.15) is 6.54 Å². The van der Waals surface area contributed by atoms with Crippen molar-refractivity contribution in [3.8, 4) is 11.8 Å². The highest BCUT2D eigenvalue weighted by atomic mass is 32.1. The van der Waals surface area contributed by atoms with E-state index in [1.807, 2.05) is 35.2 Å². The number of methoxy groups -OCH3 is 1. The number of piperidine rings is 1. The molecule has 3 rings (SSSR count). The van der Waals surface area contributed by atoms with Crippen LogP contribution in [0.2, 0.25) is 0 Å². The van der Waals surface area contributed by atoms with E-state index >= 15 is 0 Å². The SMILES string of the molecule is COC(=O)CNC(=S)N1CCC2(CCN(C(=O)C#Cc3ccccc3)CC2)C1. The van der Waals surface area contributed by atoms with Gasteiger partial charge in [-0.2, -0.15) is 0 Å². The molecule has 0 atom stereocenters. The second-order valence-corrected chi connectivity index (χ2v) is 7.70. The molecule has 2 heterocycles. The average molecular weight is 400 g/mol. The van der Waals surface area contributed by atoms with Crippen molar-refractivity contribution >= 4 is 29.2 Å². The van der Waals surface area contributed by atoms with E-state index in [1.165, 1.54) is 7.11 Å². The number of nitrogens with zero attached hydrogens (tertiary/aromatic N) is 2. The fourth-order valence-corrected chi connectivity index (χ4v) is 3.99. The molecular weight excluding hydrogens is 374 g/mol. The lowest BCUT2D eigenvalue weighted by molar-refractivity contribution is -0.139. The van der Waals surface area contributed by atoms with Crippen molar-refractivity contribution in [1.29, 1.82) is 0 Å². The highest BCUT2D eigenvalue weighted by Crippen LogP contribution is 2.40. The number of thiocarbonyl (C=S) groups is 1. The lowest BCUT2D eigenvalue weighted by atomic mass is 9.78. The molecule has 1 N–H and O–H groups in total. The number of likely N-dealkylation sites (tertiary alicyclic amines) is 2. The number of hydrogen-bond acceptors (Lipinski definition) is 4. The van der Waals surface area contributed by atoms with Crippen LogP contribution in [0, 0.1) is 17.3 Å². The van der Waals surface area contributed by atoms with Gasteiger partial charge in [-0.05, 0) is 49.0 Å². The first-order valence-corrected chi connectivity index (χ1v) is 9.88. The third-order valence-corrected chi connectivity index (χ3v) is 5.94. The summed E-state index contributed by atoms with van der Waals surface area (Å²) in [6, 6.07) is 9.55. The number of rotatable bonds is 2. The maximum atomic E-state index is 12.4. The first-order chi connectivity index (χ1) is 13.5. The molecule has 0 aromatic heterocycles. The lowest BCUT2D eigenvalue weighted by Crippen LogP contribution is -2.46. The molecule has 0 radical (unpaired) electrons. The molecule has 2 aliphatic rings. The second kappa shape index (κ2) is 9.07. The molecule has 148 valence electrons. The molecule has 6 nitrogen and oxygen atoms in total. The minimum Gasteiger partial charge on any atom is -0.468 e. The van der Waals surface area contributed by atoms with Crippen LogP contribution in [0.5, 0.6) is 0 Å². The topological polar surface area (TPSA) is 61.9 Å². The Labute approximate surface area is 171 Å². The summed E-state index contributed by atoms with van der Waals surface area (Å²) < 4.78 is 4.63. The Kier molecular flexibility index (Phi) is 6.53. The van der Waals surface area contributed by atoms with Gasteiger partial charge in [0.05, 0.1) is 7.11 Å². The van der Waals surface area contributed by atoms with Crippen molar-refractivity contribution in [2.45, 2.75) is 19.3 Å². The van der Waals surface area contributed by atoms with Crippen molar-refractivity contribution < 1.29 is 14.3 Å². The van der Waals surface area contributed by atoms with Crippen molar-refractivity contribution in [3.63, 3.8) is 0 Å². The number of nitrogens with one attached hydrogen (secondary N) is 1. The van der Waals surface area contributed by atoms with Gasteiger partial charge in [0.15, 0.2) is 5.11 Å². The van der Waals surface area contributed by atoms with Crippen LogP contribution in [-0.4, -0.2) is 66.6 Å². The van der Waals surface area contributed by atoms with Gasteiger partial charge < -0.3 is 19.9 Å². The Morgan fingerprint density at radius 1 is 1.14 bits per heavy atom. The molecule has 1 spiro atoms. The first-order valence-electron chi connectivity index (χ1n) is 9.47. The smallest absolute Gasteiger partial charge is 0.325 e. The summed E-state index contributed by atoms with van der Waals surface area (Å²) in [6.07, 6.45) is 2.94. The number of benzene rings is 1. The lowest BCUT2D eigenvalue weighted by Gasteiger charge is -2.38. The summed E-state index contributed by atoms with van der Waals surface area (Å²) in [5.74, 6) is 5.26. The van der Waals surface area contributed by atoms with E-state index in [9.17, 15) is 9.59 Å². The van der Waals surface area contributed by atoms with Crippen LogP contribution < -0.4 is 5.32 Å². The Morgan fingerprint density at radius 2 is 1.79 bits per heavy atom. The molecule has 0 aliphatic carbocycles. The monoisotopic (exact) mass is 399 g/mol. The largest absolute Gasteiger partial charge is 0.468 e. The predicted molar refractivity (Wildman–Crippen MR) is 110 cm³/mol. The van der Waals surface area contributed by atoms with Crippen molar-refractivity contribution in [3.05, 3.63) is 35.9 Å². The first kappa shape index (κ1) is 20.2. The van der Waals surface area contributed by atoms with Crippen LogP contribution in [0.25, 0.3) is 0 Å². The molecule has 0 bridgehead atoms. The van der Waals surface area contributed by atoms with Crippen LogP contribution in [0.3, 0.4) is 0 Å². The molecule has 7 heteroatoms. The number of ether oxygens (including phenoxy) is 1. The number of hydrogen-bond donors (Lipinski definition) is 1. The van der Waals surface area contributed by atoms with E-state index in [-0.39, 0.29) is 23.8 Å². The van der Waals surface area contributed by atoms with Gasteiger partial charge in [0.2, 0.25) is 0 Å². The van der Waals surface area contributed by atoms with Gasteiger partial charge in [0, 0.05) is 37.7 Å². The molecule has 1 amide bonds. The van der Waals surface area contributed by atoms with E-state index in [2.05, 4.69) is 26.8 Å². The highest BCUT2D eigenvalue weighted by Gasteiger charge is 2.41. The van der Waals surface area contributed by atoms with Gasteiger partial charge in [-0.15, -0.1) is 0 Å². The zero-order chi connectivity index (χ0) is 20.0. The quantitative estimate of drug-likeness (QED) is 0.461. The third kappa shape index (κ3) is 5.02. The number of carbonyl (C=O) groups is 2. The molecule has 28 heavy (non-hydrogen) atoms. The van der Waals surface area contributed by atoms with E-state index < -0.39 is 0 Å². The van der Waals surface area contributed by atoms with Crippen LogP contribution >= 0.6 is 12.2 Å². The zero-order valence-corrected chi connectivity index (χ0v) is 16.9. The number of carbonyl (C=O) groups excluding carboxylic acids is 2. The van der Waals surface area contributed by atoms with Gasteiger partial charge in [0.25, 0.3) is 5.91 Å². The third-order valence-electron chi connectivity index (χ3n) is 5.54. The Hall–Kier alpha value is -2.59. The van der Waals surface area contributed by atoms with Crippen molar-refractivity contribution in [1.82, 2.24) is 15.1 Å². The van der Waals surface area contributed by atoms with E-state index in [0.717, 1.165) is 51.0 Å². The zero-order valence-electron chi connectivity index (χ0n) is 16.1. The molecule has 0 unspecified atom stereocenters. The van der Waals surface area contributed by atoms with Gasteiger partial charge in [-0.1, -0.05) is 24.1 Å². The maximum absolute atomic E-state index is 12.4. The Bertz CT molecular complexity index is 792. The van der Waals surface area contributed by atoms with Crippen molar-refractivity contribution in [2.24, 2.45) is 5.41 Å². The summed E-state index contributed by atoms with van der Waals surface area (Å²) >= 11 is 5.40. The molecule has 2 saturated heterocycles. The summed E-state index contributed by atoms with van der Waals surface area (Å²) in [5, 5.41) is 3.55. The van der Waals surface area contributed by atoms with Crippen LogP contribution in [0.1, 0.15) is 24.8 Å². The minimum atomic E-state index is -0.334. The number of esters is 1. The van der Waals surface area contributed by atoms with E-state index in [1.54, 1.807) is 0 Å². The normalized spacial score (nSPS) is 17.6. The molecule has 1 aromatic rings. The Balaban J connectivity index is 1.48. The van der Waals surface area contributed by atoms with Crippen LogP contribution in [0.15, 0.2) is 30.3 Å². The standard InChI is InChI=1S/C21H25N3O3S/c1-27-19(26)15-22-20(28)24-14-11-21(16-24)9-12-23(13-10-21)18(25)8-7-17-5-3-2-4-6-17/h2-6H,9-16H2,1H3,(H,22,28). The summed E-state index contributed by atoms with van der Waals surface area (Å²) in [6.45, 7) is 3.25. The Morgan fingerprint density at radius 3 is 2.43 bits per heavy atom. The molecule has 2 fully saturated rings. The molecule has 2 aliphatic heterocycles. The van der Waals surface area contributed by atoms with Gasteiger partial charge in [-0.25, -0.2) is 0 Å².